The number of cyclic esters (lactones) is 2. The van der Waals surface area contributed by atoms with E-state index in [-0.39, 0.29) is 17.9 Å². The van der Waals surface area contributed by atoms with Gasteiger partial charge in [0, 0.05) is 6.42 Å². The van der Waals surface area contributed by atoms with Crippen LogP contribution in [0.2, 0.25) is 0 Å². The molecule has 2 heterocycles. The third-order valence-corrected chi connectivity index (χ3v) is 3.44. The molecule has 90 valence electrons. The Balaban J connectivity index is 1.73. The zero-order valence-electron chi connectivity index (χ0n) is 9.44. The maximum Gasteiger partial charge on any atom is 0.308 e. The Morgan fingerprint density at radius 3 is 2.69 bits per heavy atom. The molecule has 0 saturated carbocycles. The van der Waals surface area contributed by atoms with E-state index in [1.807, 2.05) is 0 Å². The molecule has 0 aliphatic carbocycles. The van der Waals surface area contributed by atoms with E-state index in [1.54, 1.807) is 0 Å². The minimum atomic E-state index is -0.0949. The molecule has 0 radical (unpaired) electrons. The fourth-order valence-corrected chi connectivity index (χ4v) is 2.42. The van der Waals surface area contributed by atoms with E-state index in [1.165, 1.54) is 0 Å². The normalized spacial score (nSPS) is 30.8. The highest BCUT2D eigenvalue weighted by Gasteiger charge is 2.27. The van der Waals surface area contributed by atoms with Crippen LogP contribution in [0.1, 0.15) is 38.5 Å². The number of ether oxygens (including phenoxy) is 2. The summed E-state index contributed by atoms with van der Waals surface area (Å²) in [4.78, 5) is 22.5. The van der Waals surface area contributed by atoms with Gasteiger partial charge in [-0.3, -0.25) is 9.59 Å². The van der Waals surface area contributed by atoms with Gasteiger partial charge in [-0.15, -0.1) is 0 Å². The number of carbonyl (C=O) groups excluding carboxylic acids is 2. The van der Waals surface area contributed by atoms with Gasteiger partial charge in [-0.2, -0.15) is 0 Å². The topological polar surface area (TPSA) is 52.6 Å². The molecule has 0 N–H and O–H groups in total. The van der Waals surface area contributed by atoms with Crippen LogP contribution >= 0.6 is 0 Å². The van der Waals surface area contributed by atoms with Crippen LogP contribution in [-0.4, -0.2) is 25.2 Å². The van der Waals surface area contributed by atoms with Crippen LogP contribution in [0.25, 0.3) is 0 Å². The lowest BCUT2D eigenvalue weighted by atomic mass is 9.88. The zero-order valence-corrected chi connectivity index (χ0v) is 9.44. The second-order valence-corrected chi connectivity index (χ2v) is 4.66. The van der Waals surface area contributed by atoms with Crippen molar-refractivity contribution in [1.82, 2.24) is 0 Å². The highest BCUT2D eigenvalue weighted by molar-refractivity contribution is 5.73. The molecule has 0 spiro atoms. The summed E-state index contributed by atoms with van der Waals surface area (Å²) < 4.78 is 9.91. The Labute approximate surface area is 95.3 Å². The van der Waals surface area contributed by atoms with Crippen molar-refractivity contribution in [1.29, 1.82) is 0 Å². The van der Waals surface area contributed by atoms with E-state index in [4.69, 9.17) is 9.47 Å². The highest BCUT2D eigenvalue weighted by atomic mass is 16.5. The monoisotopic (exact) mass is 226 g/mol. The summed E-state index contributed by atoms with van der Waals surface area (Å²) in [5.74, 6) is 0.315. The average Bonchev–Trinajstić information content (AvgIpc) is 2.28. The van der Waals surface area contributed by atoms with Crippen molar-refractivity contribution in [3.63, 3.8) is 0 Å². The molecule has 16 heavy (non-hydrogen) atoms. The number of esters is 2. The molecule has 0 aromatic heterocycles. The Hall–Kier alpha value is -1.06. The van der Waals surface area contributed by atoms with Crippen molar-refractivity contribution < 1.29 is 19.1 Å². The lowest BCUT2D eigenvalue weighted by molar-refractivity contribution is -0.153. The van der Waals surface area contributed by atoms with Crippen molar-refractivity contribution in [2.24, 2.45) is 11.8 Å². The summed E-state index contributed by atoms with van der Waals surface area (Å²) in [7, 11) is 0. The molecule has 0 bridgehead atoms. The largest absolute Gasteiger partial charge is 0.466 e. The predicted octanol–water partition coefficient (Wildman–Crippen LogP) is 1.67. The summed E-state index contributed by atoms with van der Waals surface area (Å²) in [6, 6.07) is 0. The summed E-state index contributed by atoms with van der Waals surface area (Å²) in [5.41, 5.74) is 0. The minimum absolute atomic E-state index is 0.0513. The second-order valence-electron chi connectivity index (χ2n) is 4.66. The quantitative estimate of drug-likeness (QED) is 0.687. The third-order valence-electron chi connectivity index (χ3n) is 3.44. The molecule has 2 saturated heterocycles. The van der Waals surface area contributed by atoms with Crippen LogP contribution in [0, 0.1) is 11.8 Å². The van der Waals surface area contributed by atoms with E-state index in [2.05, 4.69) is 0 Å². The first-order valence-electron chi connectivity index (χ1n) is 6.08. The minimum Gasteiger partial charge on any atom is -0.466 e. The van der Waals surface area contributed by atoms with Crippen LogP contribution in [0.4, 0.5) is 0 Å². The average molecular weight is 226 g/mol. The van der Waals surface area contributed by atoms with Gasteiger partial charge < -0.3 is 9.47 Å². The molecule has 2 rings (SSSR count). The van der Waals surface area contributed by atoms with Gasteiger partial charge in [0.25, 0.3) is 0 Å². The summed E-state index contributed by atoms with van der Waals surface area (Å²) in [5, 5.41) is 0. The van der Waals surface area contributed by atoms with Gasteiger partial charge in [-0.05, 0) is 38.0 Å². The first-order valence-corrected chi connectivity index (χ1v) is 6.08. The standard InChI is InChI=1S/C12H18O4/c13-11-8-9(5-7-15-11)3-4-10-2-1-6-16-12(10)14/h9-10H,1-8H2. The maximum atomic E-state index is 11.4. The number of hydrogen-bond donors (Lipinski definition) is 0. The lowest BCUT2D eigenvalue weighted by Crippen LogP contribution is -2.26. The van der Waals surface area contributed by atoms with E-state index in [9.17, 15) is 9.59 Å². The molecule has 2 atom stereocenters. The Morgan fingerprint density at radius 1 is 1.06 bits per heavy atom. The molecule has 0 aromatic carbocycles. The zero-order chi connectivity index (χ0) is 11.4. The molecule has 0 amide bonds. The van der Waals surface area contributed by atoms with Crippen LogP contribution in [0.3, 0.4) is 0 Å². The Kier molecular flexibility index (Phi) is 3.80. The van der Waals surface area contributed by atoms with Crippen molar-refractivity contribution >= 4 is 11.9 Å². The van der Waals surface area contributed by atoms with Crippen molar-refractivity contribution in [3.05, 3.63) is 0 Å². The number of hydrogen-bond acceptors (Lipinski definition) is 4. The van der Waals surface area contributed by atoms with Crippen LogP contribution in [0.5, 0.6) is 0 Å². The van der Waals surface area contributed by atoms with Crippen molar-refractivity contribution in [2.75, 3.05) is 13.2 Å². The van der Waals surface area contributed by atoms with Gasteiger partial charge in [0.2, 0.25) is 0 Å². The molecule has 0 aromatic rings. The van der Waals surface area contributed by atoms with Gasteiger partial charge in [0.05, 0.1) is 19.1 Å². The fourth-order valence-electron chi connectivity index (χ4n) is 2.42. The van der Waals surface area contributed by atoms with E-state index in [0.717, 1.165) is 32.1 Å². The van der Waals surface area contributed by atoms with E-state index < -0.39 is 0 Å². The van der Waals surface area contributed by atoms with Gasteiger partial charge >= 0.3 is 11.9 Å². The smallest absolute Gasteiger partial charge is 0.308 e. The lowest BCUT2D eigenvalue weighted by Gasteiger charge is -2.25. The molecule has 4 heteroatoms. The van der Waals surface area contributed by atoms with Gasteiger partial charge in [-0.25, -0.2) is 0 Å². The SMILES string of the molecule is O=C1CC(CCC2CCCOC2=O)CCO1. The number of carbonyl (C=O) groups is 2. The number of rotatable bonds is 3. The predicted molar refractivity (Wildman–Crippen MR) is 56.6 cm³/mol. The maximum absolute atomic E-state index is 11.4. The summed E-state index contributed by atoms with van der Waals surface area (Å²) >= 11 is 0. The van der Waals surface area contributed by atoms with E-state index in [0.29, 0.717) is 25.6 Å². The molecular weight excluding hydrogens is 208 g/mol. The molecular formula is C12H18O4. The van der Waals surface area contributed by atoms with Crippen LogP contribution in [0.15, 0.2) is 0 Å². The molecule has 4 nitrogen and oxygen atoms in total. The summed E-state index contributed by atoms with van der Waals surface area (Å²) in [6.07, 6.45) is 5.17. The first-order chi connectivity index (χ1) is 7.75. The fraction of sp³-hybridized carbons (Fsp3) is 0.833. The van der Waals surface area contributed by atoms with E-state index >= 15 is 0 Å². The third kappa shape index (κ3) is 2.97. The molecule has 2 aliphatic heterocycles. The highest BCUT2D eigenvalue weighted by Crippen LogP contribution is 2.27. The second kappa shape index (κ2) is 5.32. The summed E-state index contributed by atoms with van der Waals surface area (Å²) in [6.45, 7) is 1.11. The Morgan fingerprint density at radius 2 is 1.94 bits per heavy atom. The van der Waals surface area contributed by atoms with Gasteiger partial charge in [-0.1, -0.05) is 0 Å². The molecule has 2 unspecified atom stereocenters. The Bertz CT molecular complexity index is 274. The van der Waals surface area contributed by atoms with Gasteiger partial charge in [0.15, 0.2) is 0 Å². The van der Waals surface area contributed by atoms with Crippen LogP contribution < -0.4 is 0 Å². The van der Waals surface area contributed by atoms with Crippen LogP contribution in [-0.2, 0) is 19.1 Å². The molecule has 2 aliphatic rings. The van der Waals surface area contributed by atoms with Crippen molar-refractivity contribution in [2.45, 2.75) is 38.5 Å². The molecule has 2 fully saturated rings. The first kappa shape index (κ1) is 11.4. The van der Waals surface area contributed by atoms with Crippen molar-refractivity contribution in [3.8, 4) is 0 Å². The van der Waals surface area contributed by atoms with Gasteiger partial charge in [0.1, 0.15) is 0 Å².